The van der Waals surface area contributed by atoms with Gasteiger partial charge in [0.1, 0.15) is 12.4 Å². The van der Waals surface area contributed by atoms with Crippen molar-refractivity contribution in [3.8, 4) is 5.75 Å². The van der Waals surface area contributed by atoms with Crippen molar-refractivity contribution >= 4 is 23.7 Å². The Morgan fingerprint density at radius 1 is 0.766 bits per heavy atom. The first-order chi connectivity index (χ1) is 23.0. The Labute approximate surface area is 283 Å². The number of methoxy groups -OCH3 is 2. The standard InChI is InChI=1S/C40H45NO5S/c1-44-39(42)14-8-9-25-41(36-24-27-47-38-28-34(40(43)45-2)21-22-35(36)38)26-23-33-12-6-7-13-37(33)46-29-32-19-17-31(18-20-32)16-15-30-10-4-3-5-11-30/h3-7,10-13,17-22,28,36H,8-9,14-16,23-27,29H2,1-2H3. The van der Waals surface area contributed by atoms with E-state index >= 15 is 0 Å². The molecule has 6 nitrogen and oxygen atoms in total. The lowest BCUT2D eigenvalue weighted by atomic mass is 9.98. The molecule has 0 fully saturated rings. The van der Waals surface area contributed by atoms with E-state index in [0.29, 0.717) is 18.6 Å². The summed E-state index contributed by atoms with van der Waals surface area (Å²) in [6.07, 6.45) is 6.01. The molecule has 246 valence electrons. The van der Waals surface area contributed by atoms with Crippen LogP contribution in [-0.2, 0) is 40.1 Å². The van der Waals surface area contributed by atoms with Crippen molar-refractivity contribution in [2.24, 2.45) is 0 Å². The SMILES string of the molecule is COC(=O)CCCCN(CCc1ccccc1OCc1ccc(CCc2ccccc2)cc1)C1CCSc2cc(C(=O)OC)ccc21. The second kappa shape index (κ2) is 17.7. The van der Waals surface area contributed by atoms with Gasteiger partial charge in [-0.2, -0.15) is 0 Å². The van der Waals surface area contributed by atoms with Crippen LogP contribution in [0.2, 0.25) is 0 Å². The number of esters is 2. The normalized spacial score (nSPS) is 14.0. The molecule has 0 spiro atoms. The van der Waals surface area contributed by atoms with Gasteiger partial charge in [-0.25, -0.2) is 4.79 Å². The van der Waals surface area contributed by atoms with E-state index in [9.17, 15) is 9.59 Å². The highest BCUT2D eigenvalue weighted by Gasteiger charge is 2.27. The number of unbranched alkanes of at least 4 members (excludes halogenated alkanes) is 1. The van der Waals surface area contributed by atoms with Crippen molar-refractivity contribution in [3.63, 3.8) is 0 Å². The quantitative estimate of drug-likeness (QED) is 0.0893. The zero-order valence-electron chi connectivity index (χ0n) is 27.5. The predicted molar refractivity (Wildman–Crippen MR) is 188 cm³/mol. The number of aryl methyl sites for hydroxylation is 2. The molecule has 0 saturated heterocycles. The lowest BCUT2D eigenvalue weighted by Gasteiger charge is -2.36. The van der Waals surface area contributed by atoms with E-state index in [1.54, 1.807) is 11.8 Å². The molecule has 47 heavy (non-hydrogen) atoms. The number of para-hydroxylation sites is 1. The number of carbonyl (C=O) groups is 2. The Kier molecular flexibility index (Phi) is 12.9. The van der Waals surface area contributed by atoms with Crippen molar-refractivity contribution in [2.75, 3.05) is 33.1 Å². The van der Waals surface area contributed by atoms with Crippen molar-refractivity contribution < 1.29 is 23.8 Å². The number of hydrogen-bond donors (Lipinski definition) is 0. The van der Waals surface area contributed by atoms with Gasteiger partial charge in [0.2, 0.25) is 0 Å². The third kappa shape index (κ3) is 9.96. The molecule has 0 aromatic heterocycles. The number of benzene rings is 4. The topological polar surface area (TPSA) is 65.1 Å². The highest BCUT2D eigenvalue weighted by molar-refractivity contribution is 7.99. The summed E-state index contributed by atoms with van der Waals surface area (Å²) in [5.41, 5.74) is 6.84. The number of carbonyl (C=O) groups excluding carboxylic acids is 2. The van der Waals surface area contributed by atoms with E-state index in [-0.39, 0.29) is 18.0 Å². The van der Waals surface area contributed by atoms with E-state index in [2.05, 4.69) is 83.8 Å². The molecule has 0 amide bonds. The third-order valence-electron chi connectivity index (χ3n) is 8.79. The minimum absolute atomic E-state index is 0.167. The second-order valence-corrected chi connectivity index (χ2v) is 13.1. The smallest absolute Gasteiger partial charge is 0.337 e. The highest BCUT2D eigenvalue weighted by atomic mass is 32.2. The Hall–Kier alpha value is -4.07. The van der Waals surface area contributed by atoms with Crippen LogP contribution in [0.5, 0.6) is 5.75 Å². The van der Waals surface area contributed by atoms with Crippen LogP contribution >= 0.6 is 11.8 Å². The first-order valence-corrected chi connectivity index (χ1v) is 17.5. The van der Waals surface area contributed by atoms with Crippen molar-refractivity contribution in [1.82, 2.24) is 4.90 Å². The van der Waals surface area contributed by atoms with Gasteiger partial charge in [0.15, 0.2) is 0 Å². The summed E-state index contributed by atoms with van der Waals surface area (Å²) in [7, 11) is 2.86. The molecule has 1 unspecified atom stereocenters. The Balaban J connectivity index is 1.23. The molecular formula is C40H45NO5S. The third-order valence-corrected chi connectivity index (χ3v) is 9.90. The van der Waals surface area contributed by atoms with Crippen molar-refractivity contribution in [2.45, 2.75) is 62.5 Å². The maximum Gasteiger partial charge on any atom is 0.337 e. The maximum atomic E-state index is 12.2. The number of rotatable bonds is 16. The van der Waals surface area contributed by atoms with Crippen LogP contribution in [0.25, 0.3) is 0 Å². The van der Waals surface area contributed by atoms with Gasteiger partial charge in [0.05, 0.1) is 19.8 Å². The van der Waals surface area contributed by atoms with Crippen LogP contribution < -0.4 is 4.74 Å². The van der Waals surface area contributed by atoms with Gasteiger partial charge in [0.25, 0.3) is 0 Å². The lowest BCUT2D eigenvalue weighted by molar-refractivity contribution is -0.140. The Morgan fingerprint density at radius 3 is 2.26 bits per heavy atom. The molecule has 1 heterocycles. The summed E-state index contributed by atoms with van der Waals surface area (Å²) in [5, 5.41) is 0. The van der Waals surface area contributed by atoms with Crippen LogP contribution in [0.4, 0.5) is 0 Å². The van der Waals surface area contributed by atoms with Gasteiger partial charge in [-0.05, 0) is 96.8 Å². The van der Waals surface area contributed by atoms with Crippen LogP contribution in [0, 0.1) is 0 Å². The zero-order valence-corrected chi connectivity index (χ0v) is 28.3. The number of fused-ring (bicyclic) bond motifs is 1. The van der Waals surface area contributed by atoms with E-state index in [4.69, 9.17) is 14.2 Å². The van der Waals surface area contributed by atoms with Crippen LogP contribution in [0.1, 0.15) is 69.9 Å². The summed E-state index contributed by atoms with van der Waals surface area (Å²) in [6.45, 7) is 2.23. The molecule has 1 atom stereocenters. The fourth-order valence-electron chi connectivity index (χ4n) is 6.12. The molecule has 5 rings (SSSR count). The summed E-state index contributed by atoms with van der Waals surface area (Å²) < 4.78 is 16.2. The van der Waals surface area contributed by atoms with Crippen molar-refractivity contribution in [3.05, 3.63) is 130 Å². The van der Waals surface area contributed by atoms with Crippen molar-refractivity contribution in [1.29, 1.82) is 0 Å². The van der Waals surface area contributed by atoms with Gasteiger partial charge >= 0.3 is 11.9 Å². The first-order valence-electron chi connectivity index (χ1n) is 16.5. The van der Waals surface area contributed by atoms with Crippen LogP contribution in [0.15, 0.2) is 102 Å². The van der Waals surface area contributed by atoms with Crippen LogP contribution in [-0.4, -0.2) is 49.9 Å². The number of hydrogen-bond acceptors (Lipinski definition) is 7. The first kappa shape index (κ1) is 34.3. The molecule has 1 aliphatic heterocycles. The van der Waals surface area contributed by atoms with E-state index in [1.165, 1.54) is 36.5 Å². The molecule has 0 aliphatic carbocycles. The van der Waals surface area contributed by atoms with E-state index < -0.39 is 0 Å². The minimum Gasteiger partial charge on any atom is -0.489 e. The molecule has 0 saturated carbocycles. The highest BCUT2D eigenvalue weighted by Crippen LogP contribution is 2.40. The minimum atomic E-state index is -0.314. The molecular weight excluding hydrogens is 607 g/mol. The lowest BCUT2D eigenvalue weighted by Crippen LogP contribution is -2.34. The molecule has 1 aliphatic rings. The monoisotopic (exact) mass is 651 g/mol. The molecule has 0 bridgehead atoms. The maximum absolute atomic E-state index is 12.2. The average molecular weight is 652 g/mol. The van der Waals surface area contributed by atoms with Crippen LogP contribution in [0.3, 0.4) is 0 Å². The molecule has 0 radical (unpaired) electrons. The second-order valence-electron chi connectivity index (χ2n) is 11.9. The molecule has 4 aromatic carbocycles. The van der Waals surface area contributed by atoms with Gasteiger partial charge in [0, 0.05) is 23.9 Å². The van der Waals surface area contributed by atoms with E-state index in [0.717, 1.165) is 73.6 Å². The summed E-state index contributed by atoms with van der Waals surface area (Å²) in [6, 6.07) is 33.8. The van der Waals surface area contributed by atoms with Gasteiger partial charge < -0.3 is 14.2 Å². The molecule has 0 N–H and O–H groups in total. The number of thioether (sulfide) groups is 1. The summed E-state index contributed by atoms with van der Waals surface area (Å²) in [5.74, 6) is 1.41. The summed E-state index contributed by atoms with van der Waals surface area (Å²) in [4.78, 5) is 27.6. The molecule has 4 aromatic rings. The molecule has 7 heteroatoms. The summed E-state index contributed by atoms with van der Waals surface area (Å²) >= 11 is 1.80. The predicted octanol–water partition coefficient (Wildman–Crippen LogP) is 8.26. The number of nitrogens with zero attached hydrogens (tertiary/aromatic N) is 1. The largest absolute Gasteiger partial charge is 0.489 e. The fourth-order valence-corrected chi connectivity index (χ4v) is 7.26. The Morgan fingerprint density at radius 2 is 1.49 bits per heavy atom. The van der Waals surface area contributed by atoms with Gasteiger partial charge in [-0.1, -0.05) is 78.9 Å². The average Bonchev–Trinajstić information content (AvgIpc) is 3.13. The fraction of sp³-hybridized carbons (Fsp3) is 0.350. The van der Waals surface area contributed by atoms with Gasteiger partial charge in [-0.3, -0.25) is 9.69 Å². The Bertz CT molecular complexity index is 1590. The van der Waals surface area contributed by atoms with E-state index in [1.807, 2.05) is 18.2 Å². The zero-order chi connectivity index (χ0) is 32.8. The number of ether oxygens (including phenoxy) is 3. The van der Waals surface area contributed by atoms with Gasteiger partial charge in [-0.15, -0.1) is 11.8 Å².